The molecule has 0 unspecified atom stereocenters. The molecule has 0 aromatic heterocycles. The monoisotopic (exact) mass is 316 g/mol. The Bertz CT molecular complexity index is 643. The zero-order valence-corrected chi connectivity index (χ0v) is 12.7. The van der Waals surface area contributed by atoms with Crippen LogP contribution in [0.1, 0.15) is 13.3 Å². The second-order valence-corrected chi connectivity index (χ2v) is 6.34. The number of nitro benzene ring substituents is 1. The molecule has 0 aliphatic carbocycles. The molecule has 8 nitrogen and oxygen atoms in total. The van der Waals surface area contributed by atoms with Crippen molar-refractivity contribution in [3.63, 3.8) is 0 Å². The summed E-state index contributed by atoms with van der Waals surface area (Å²) in [6.45, 7) is 1.52. The molecule has 0 radical (unpaired) electrons. The lowest BCUT2D eigenvalue weighted by Crippen LogP contribution is -2.37. The lowest BCUT2D eigenvalue weighted by Gasteiger charge is -2.23. The van der Waals surface area contributed by atoms with E-state index in [9.17, 15) is 23.3 Å². The molecule has 0 N–H and O–H groups in total. The number of sulfonamides is 1. The van der Waals surface area contributed by atoms with Gasteiger partial charge in [0.1, 0.15) is 0 Å². The van der Waals surface area contributed by atoms with Crippen LogP contribution < -0.4 is 0 Å². The van der Waals surface area contributed by atoms with Gasteiger partial charge in [-0.05, 0) is 13.0 Å². The summed E-state index contributed by atoms with van der Waals surface area (Å²) in [5, 5.41) is 10.9. The van der Waals surface area contributed by atoms with Crippen molar-refractivity contribution >= 4 is 21.7 Å². The van der Waals surface area contributed by atoms with Crippen LogP contribution in [0.25, 0.3) is 0 Å². The summed E-state index contributed by atoms with van der Waals surface area (Å²) < 4.78 is 30.3. The third-order valence-corrected chi connectivity index (χ3v) is 5.05. The molecular weight excluding hydrogens is 300 g/mol. The Hall–Kier alpha value is -2.00. The van der Waals surface area contributed by atoms with Gasteiger partial charge >= 0.3 is 5.97 Å². The molecule has 0 saturated carbocycles. The maximum atomic E-state index is 12.4. The van der Waals surface area contributed by atoms with Gasteiger partial charge < -0.3 is 4.74 Å². The standard InChI is InChI=1S/C12H16N2O6S/c1-9(8-12(15)20-3)13(2)21(18,19)11-7-5-4-6-10(11)14(16)17/h4-7,9H,8H2,1-3H3/t9-/m0/s1. The molecule has 0 heterocycles. The van der Waals surface area contributed by atoms with Gasteiger partial charge in [0.15, 0.2) is 4.90 Å². The van der Waals surface area contributed by atoms with Crippen LogP contribution in [0.2, 0.25) is 0 Å². The Morgan fingerprint density at radius 3 is 2.52 bits per heavy atom. The number of hydrogen-bond acceptors (Lipinski definition) is 6. The van der Waals surface area contributed by atoms with E-state index in [0.29, 0.717) is 0 Å². The van der Waals surface area contributed by atoms with Gasteiger partial charge in [-0.3, -0.25) is 14.9 Å². The van der Waals surface area contributed by atoms with Crippen LogP contribution in [-0.4, -0.2) is 43.8 Å². The number of esters is 1. The number of ether oxygens (including phenoxy) is 1. The summed E-state index contributed by atoms with van der Waals surface area (Å²) in [5.41, 5.74) is -0.505. The summed E-state index contributed by atoms with van der Waals surface area (Å²) >= 11 is 0. The third-order valence-electron chi connectivity index (χ3n) is 3.03. The average Bonchev–Trinajstić information content (AvgIpc) is 2.45. The van der Waals surface area contributed by atoms with Gasteiger partial charge in [-0.1, -0.05) is 12.1 Å². The van der Waals surface area contributed by atoms with Crippen molar-refractivity contribution in [3.05, 3.63) is 34.4 Å². The minimum Gasteiger partial charge on any atom is -0.469 e. The number of benzene rings is 1. The van der Waals surface area contributed by atoms with Crippen LogP contribution in [0, 0.1) is 10.1 Å². The van der Waals surface area contributed by atoms with Crippen LogP contribution in [0.4, 0.5) is 5.69 Å². The number of carbonyl (C=O) groups is 1. The van der Waals surface area contributed by atoms with Crippen molar-refractivity contribution in [1.82, 2.24) is 4.31 Å². The predicted molar refractivity (Wildman–Crippen MR) is 74.1 cm³/mol. The van der Waals surface area contributed by atoms with E-state index in [-0.39, 0.29) is 6.42 Å². The molecule has 0 aliphatic rings. The maximum absolute atomic E-state index is 12.4. The zero-order chi connectivity index (χ0) is 16.2. The highest BCUT2D eigenvalue weighted by Crippen LogP contribution is 2.27. The first-order valence-corrected chi connectivity index (χ1v) is 7.44. The molecule has 21 heavy (non-hydrogen) atoms. The van der Waals surface area contributed by atoms with E-state index in [1.54, 1.807) is 0 Å². The van der Waals surface area contributed by atoms with E-state index < -0.39 is 37.5 Å². The number of hydrogen-bond donors (Lipinski definition) is 0. The van der Waals surface area contributed by atoms with Crippen LogP contribution in [0.15, 0.2) is 29.2 Å². The van der Waals surface area contributed by atoms with Gasteiger partial charge in [0.05, 0.1) is 18.5 Å². The largest absolute Gasteiger partial charge is 0.469 e. The predicted octanol–water partition coefficient (Wildman–Crippen LogP) is 1.17. The van der Waals surface area contributed by atoms with E-state index >= 15 is 0 Å². The van der Waals surface area contributed by atoms with Gasteiger partial charge in [0.2, 0.25) is 10.0 Å². The fourth-order valence-corrected chi connectivity index (χ4v) is 3.19. The van der Waals surface area contributed by atoms with E-state index in [2.05, 4.69) is 4.74 Å². The summed E-state index contributed by atoms with van der Waals surface area (Å²) in [4.78, 5) is 21.0. The molecule has 0 spiro atoms. The van der Waals surface area contributed by atoms with E-state index in [0.717, 1.165) is 16.4 Å². The fraction of sp³-hybridized carbons (Fsp3) is 0.417. The first kappa shape index (κ1) is 17.1. The number of para-hydroxylation sites is 1. The van der Waals surface area contributed by atoms with Crippen LogP contribution >= 0.6 is 0 Å². The summed E-state index contributed by atoms with van der Waals surface area (Å²) in [6.07, 6.45) is -0.146. The highest BCUT2D eigenvalue weighted by atomic mass is 32.2. The van der Waals surface area contributed by atoms with Crippen LogP contribution in [0.5, 0.6) is 0 Å². The fourth-order valence-electron chi connectivity index (χ4n) is 1.67. The Labute approximate surface area is 122 Å². The molecule has 0 amide bonds. The highest BCUT2D eigenvalue weighted by molar-refractivity contribution is 7.89. The average molecular weight is 316 g/mol. The Morgan fingerprint density at radius 1 is 1.43 bits per heavy atom. The minimum atomic E-state index is -4.08. The molecule has 9 heteroatoms. The Balaban J connectivity index is 3.17. The SMILES string of the molecule is COC(=O)C[C@H](C)N(C)S(=O)(=O)c1ccccc1[N+](=O)[O-]. The van der Waals surface area contributed by atoms with Crippen molar-refractivity contribution in [1.29, 1.82) is 0 Å². The van der Waals surface area contributed by atoms with Gasteiger partial charge in [-0.2, -0.15) is 4.31 Å². The van der Waals surface area contributed by atoms with Gasteiger partial charge in [-0.15, -0.1) is 0 Å². The maximum Gasteiger partial charge on any atom is 0.307 e. The molecule has 0 fully saturated rings. The lowest BCUT2D eigenvalue weighted by molar-refractivity contribution is -0.387. The van der Waals surface area contributed by atoms with Crippen LogP contribution in [-0.2, 0) is 19.6 Å². The van der Waals surface area contributed by atoms with Crippen molar-refractivity contribution < 1.29 is 22.9 Å². The van der Waals surface area contributed by atoms with Crippen molar-refractivity contribution in [2.45, 2.75) is 24.3 Å². The second-order valence-electron chi connectivity index (χ2n) is 4.38. The lowest BCUT2D eigenvalue weighted by atomic mass is 10.2. The summed E-state index contributed by atoms with van der Waals surface area (Å²) in [6, 6.07) is 4.37. The summed E-state index contributed by atoms with van der Waals surface area (Å²) in [5.74, 6) is -0.563. The van der Waals surface area contributed by atoms with E-state index in [4.69, 9.17) is 0 Å². The third kappa shape index (κ3) is 3.76. The number of carbonyl (C=O) groups excluding carboxylic acids is 1. The van der Waals surface area contributed by atoms with Crippen molar-refractivity contribution in [2.24, 2.45) is 0 Å². The Kier molecular flexibility index (Phi) is 5.39. The number of methoxy groups -OCH3 is 1. The molecule has 0 aliphatic heterocycles. The van der Waals surface area contributed by atoms with Crippen LogP contribution in [0.3, 0.4) is 0 Å². The van der Waals surface area contributed by atoms with E-state index in [1.807, 2.05) is 0 Å². The molecule has 116 valence electrons. The summed E-state index contributed by atoms with van der Waals surface area (Å²) in [7, 11) is -1.62. The molecule has 1 aromatic carbocycles. The van der Waals surface area contributed by atoms with Gasteiger partial charge in [0, 0.05) is 19.2 Å². The molecular formula is C12H16N2O6S. The molecule has 1 rings (SSSR count). The number of nitro groups is 1. The van der Waals surface area contributed by atoms with Gasteiger partial charge in [-0.25, -0.2) is 8.42 Å². The first-order valence-electron chi connectivity index (χ1n) is 6.00. The van der Waals surface area contributed by atoms with Crippen molar-refractivity contribution in [3.8, 4) is 0 Å². The first-order chi connectivity index (χ1) is 9.71. The smallest absolute Gasteiger partial charge is 0.307 e. The molecule has 0 saturated heterocycles. The number of rotatable bonds is 6. The quantitative estimate of drug-likeness (QED) is 0.443. The topological polar surface area (TPSA) is 107 Å². The van der Waals surface area contributed by atoms with Crippen molar-refractivity contribution in [2.75, 3.05) is 14.2 Å². The minimum absolute atomic E-state index is 0.146. The number of nitrogens with zero attached hydrogens (tertiary/aromatic N) is 2. The second kappa shape index (κ2) is 6.64. The highest BCUT2D eigenvalue weighted by Gasteiger charge is 2.32. The zero-order valence-electron chi connectivity index (χ0n) is 11.8. The van der Waals surface area contributed by atoms with Gasteiger partial charge in [0.25, 0.3) is 5.69 Å². The normalized spacial score (nSPS) is 13.0. The Morgan fingerprint density at radius 2 is 2.00 bits per heavy atom. The molecule has 1 aromatic rings. The molecule has 0 bridgehead atoms. The molecule has 1 atom stereocenters. The van der Waals surface area contributed by atoms with E-state index in [1.165, 1.54) is 33.2 Å².